The van der Waals surface area contributed by atoms with Gasteiger partial charge >= 0.3 is 5.97 Å². The Morgan fingerprint density at radius 1 is 1.21 bits per heavy atom. The number of hydrogen-bond donors (Lipinski definition) is 1. The quantitative estimate of drug-likeness (QED) is 0.334. The number of nitrogens with one attached hydrogen (secondary N) is 1. The number of nitriles is 1. The fourth-order valence-corrected chi connectivity index (χ4v) is 6.53. The van der Waals surface area contributed by atoms with Crippen molar-refractivity contribution in [1.82, 2.24) is 0 Å². The Labute approximate surface area is 215 Å². The summed E-state index contributed by atoms with van der Waals surface area (Å²) < 4.78 is 6.21. The highest BCUT2D eigenvalue weighted by molar-refractivity contribution is 14.1. The van der Waals surface area contributed by atoms with Gasteiger partial charge in [0.1, 0.15) is 0 Å². The Morgan fingerprint density at radius 2 is 1.97 bits per heavy atom. The molecule has 34 heavy (non-hydrogen) atoms. The van der Waals surface area contributed by atoms with E-state index in [0.717, 1.165) is 12.0 Å². The lowest BCUT2D eigenvalue weighted by Gasteiger charge is -2.19. The molecule has 0 saturated heterocycles. The number of benzene rings is 2. The first-order valence-corrected chi connectivity index (χ1v) is 13.0. The third-order valence-electron chi connectivity index (χ3n) is 7.62. The molecule has 178 valence electrons. The summed E-state index contributed by atoms with van der Waals surface area (Å²) in [5.41, 5.74) is 4.66. The Balaban J connectivity index is 1.55. The third kappa shape index (κ3) is 4.35. The predicted molar refractivity (Wildman–Crippen MR) is 140 cm³/mol. The summed E-state index contributed by atoms with van der Waals surface area (Å²) >= 11 is 2.35. The number of halogens is 1. The highest BCUT2D eigenvalue weighted by Gasteiger charge is 2.70. The van der Waals surface area contributed by atoms with Crippen LogP contribution in [0, 0.1) is 26.7 Å². The van der Waals surface area contributed by atoms with Gasteiger partial charge in [-0.15, -0.1) is 0 Å². The highest BCUT2D eigenvalue weighted by atomic mass is 127. The standard InChI is InChI=1S/C28H31IN2O3/c1-5-34-24(32)8-6-7-19-10-9-18(15-30)13-23(19)31-26(33)25-17(2)28(25)16-27(3,4)21-12-11-20(29)14-22(21)28/h9-14,17,25H,5-8,16H2,1-4H3,(H,31,33)/t17?,25?,28-/m0/s1. The van der Waals surface area contributed by atoms with Gasteiger partial charge in [-0.3, -0.25) is 9.59 Å². The van der Waals surface area contributed by atoms with E-state index in [0.29, 0.717) is 37.1 Å². The van der Waals surface area contributed by atoms with Crippen molar-refractivity contribution >= 4 is 40.2 Å². The van der Waals surface area contributed by atoms with Crippen LogP contribution in [0.5, 0.6) is 0 Å². The Hall–Kier alpha value is -2.40. The van der Waals surface area contributed by atoms with Crippen LogP contribution in [0.25, 0.3) is 0 Å². The van der Waals surface area contributed by atoms with Gasteiger partial charge in [0, 0.05) is 21.1 Å². The summed E-state index contributed by atoms with van der Waals surface area (Å²) in [6.45, 7) is 8.89. The highest BCUT2D eigenvalue weighted by Crippen LogP contribution is 2.70. The minimum Gasteiger partial charge on any atom is -0.466 e. The van der Waals surface area contributed by atoms with E-state index in [2.05, 4.69) is 72.9 Å². The van der Waals surface area contributed by atoms with Crippen LogP contribution in [0.1, 0.15) is 69.2 Å². The molecule has 2 aromatic rings. The van der Waals surface area contributed by atoms with E-state index >= 15 is 0 Å². The molecule has 0 aromatic heterocycles. The predicted octanol–water partition coefficient (Wildman–Crippen LogP) is 5.87. The van der Waals surface area contributed by atoms with Crippen molar-refractivity contribution in [2.24, 2.45) is 11.8 Å². The zero-order valence-corrected chi connectivity index (χ0v) is 22.4. The number of anilines is 1. The Kier molecular flexibility index (Phi) is 6.78. The summed E-state index contributed by atoms with van der Waals surface area (Å²) in [5.74, 6) is -0.0636. The average molecular weight is 570 g/mol. The molecule has 1 spiro atoms. The second-order valence-corrected chi connectivity index (χ2v) is 11.4. The fraction of sp³-hybridized carbons (Fsp3) is 0.464. The average Bonchev–Trinajstić information content (AvgIpc) is 3.29. The summed E-state index contributed by atoms with van der Waals surface area (Å²) in [5, 5.41) is 12.6. The first kappa shape index (κ1) is 24.7. The summed E-state index contributed by atoms with van der Waals surface area (Å²) in [6, 6.07) is 14.2. The summed E-state index contributed by atoms with van der Waals surface area (Å²) in [6.07, 6.45) is 2.53. The van der Waals surface area contributed by atoms with Gasteiger partial charge in [0.2, 0.25) is 5.91 Å². The number of rotatable bonds is 7. The number of esters is 1. The Bertz CT molecular complexity index is 1180. The van der Waals surface area contributed by atoms with Crippen molar-refractivity contribution in [1.29, 1.82) is 5.26 Å². The van der Waals surface area contributed by atoms with Crippen LogP contribution >= 0.6 is 22.6 Å². The van der Waals surface area contributed by atoms with Crippen molar-refractivity contribution in [2.75, 3.05) is 11.9 Å². The topological polar surface area (TPSA) is 79.2 Å². The van der Waals surface area contributed by atoms with Gasteiger partial charge in [0.25, 0.3) is 0 Å². The van der Waals surface area contributed by atoms with Gasteiger partial charge in [0.05, 0.1) is 24.2 Å². The molecule has 5 nitrogen and oxygen atoms in total. The van der Waals surface area contributed by atoms with E-state index in [1.807, 2.05) is 6.07 Å². The lowest BCUT2D eigenvalue weighted by molar-refractivity contribution is -0.143. The molecule has 2 aliphatic carbocycles. The molecule has 0 radical (unpaired) electrons. The molecule has 1 fully saturated rings. The van der Waals surface area contributed by atoms with Gasteiger partial charge in [0.15, 0.2) is 0 Å². The van der Waals surface area contributed by atoms with E-state index in [-0.39, 0.29) is 34.5 Å². The van der Waals surface area contributed by atoms with E-state index < -0.39 is 0 Å². The van der Waals surface area contributed by atoms with E-state index in [1.165, 1.54) is 14.7 Å². The van der Waals surface area contributed by atoms with Crippen LogP contribution in [0.4, 0.5) is 5.69 Å². The van der Waals surface area contributed by atoms with Gasteiger partial charge in [-0.2, -0.15) is 5.26 Å². The number of carbonyl (C=O) groups excluding carboxylic acids is 2. The molecule has 1 saturated carbocycles. The molecule has 2 unspecified atom stereocenters. The monoisotopic (exact) mass is 570 g/mol. The maximum absolute atomic E-state index is 13.6. The molecule has 0 bridgehead atoms. The molecule has 2 aromatic carbocycles. The number of nitrogens with zero attached hydrogens (tertiary/aromatic N) is 1. The molecular weight excluding hydrogens is 539 g/mol. The molecule has 1 N–H and O–H groups in total. The third-order valence-corrected chi connectivity index (χ3v) is 8.29. The number of aryl methyl sites for hydroxylation is 1. The largest absolute Gasteiger partial charge is 0.466 e. The Morgan fingerprint density at radius 3 is 2.68 bits per heavy atom. The molecule has 0 heterocycles. The maximum atomic E-state index is 13.6. The minimum absolute atomic E-state index is 0.0109. The molecule has 3 atom stereocenters. The van der Waals surface area contributed by atoms with E-state index in [9.17, 15) is 14.9 Å². The first-order chi connectivity index (χ1) is 16.1. The molecular formula is C28H31IN2O3. The zero-order valence-electron chi connectivity index (χ0n) is 20.2. The molecule has 6 heteroatoms. The van der Waals surface area contributed by atoms with Gasteiger partial charge < -0.3 is 10.1 Å². The second kappa shape index (κ2) is 9.33. The molecule has 2 aliphatic rings. The number of ether oxygens (including phenoxy) is 1. The van der Waals surface area contributed by atoms with Gasteiger partial charge in [-0.1, -0.05) is 32.9 Å². The molecule has 0 aliphatic heterocycles. The summed E-state index contributed by atoms with van der Waals surface area (Å²) in [7, 11) is 0. The smallest absolute Gasteiger partial charge is 0.305 e. The summed E-state index contributed by atoms with van der Waals surface area (Å²) in [4.78, 5) is 25.3. The molecule has 4 rings (SSSR count). The number of hydrogen-bond acceptors (Lipinski definition) is 4. The normalized spacial score (nSPS) is 23.8. The lowest BCUT2D eigenvalue weighted by atomic mass is 9.85. The number of amides is 1. The van der Waals surface area contributed by atoms with E-state index in [1.54, 1.807) is 19.1 Å². The van der Waals surface area contributed by atoms with Crippen molar-refractivity contribution < 1.29 is 14.3 Å². The van der Waals surface area contributed by atoms with Crippen LogP contribution in [-0.4, -0.2) is 18.5 Å². The second-order valence-electron chi connectivity index (χ2n) is 10.2. The zero-order chi connectivity index (χ0) is 24.7. The minimum atomic E-state index is -0.215. The van der Waals surface area contributed by atoms with E-state index in [4.69, 9.17) is 4.74 Å². The van der Waals surface area contributed by atoms with Crippen LogP contribution in [0.3, 0.4) is 0 Å². The first-order valence-electron chi connectivity index (χ1n) is 11.9. The van der Waals surface area contributed by atoms with Crippen molar-refractivity contribution in [3.05, 3.63) is 62.2 Å². The van der Waals surface area contributed by atoms with Gasteiger partial charge in [-0.25, -0.2) is 0 Å². The van der Waals surface area contributed by atoms with Crippen LogP contribution in [0.2, 0.25) is 0 Å². The van der Waals surface area contributed by atoms with Crippen molar-refractivity contribution in [2.45, 2.75) is 64.2 Å². The lowest BCUT2D eigenvalue weighted by Crippen LogP contribution is -2.22. The fourth-order valence-electron chi connectivity index (χ4n) is 6.04. The number of carbonyl (C=O) groups is 2. The van der Waals surface area contributed by atoms with Crippen LogP contribution in [0.15, 0.2) is 36.4 Å². The molecule has 1 amide bonds. The maximum Gasteiger partial charge on any atom is 0.305 e. The van der Waals surface area contributed by atoms with Crippen molar-refractivity contribution in [3.8, 4) is 6.07 Å². The van der Waals surface area contributed by atoms with Crippen molar-refractivity contribution in [3.63, 3.8) is 0 Å². The SMILES string of the molecule is CCOC(=O)CCCc1ccc(C#N)cc1NC(=O)C1C(C)[C@]12CC(C)(C)c1ccc(I)cc12. The number of fused-ring (bicyclic) bond motifs is 2. The van der Waals surface area contributed by atoms with Gasteiger partial charge in [-0.05, 0) is 101 Å². The van der Waals surface area contributed by atoms with Crippen LogP contribution in [-0.2, 0) is 31.6 Å². The van der Waals surface area contributed by atoms with Crippen LogP contribution < -0.4 is 5.32 Å².